The molecule has 0 spiro atoms. The molecule has 0 amide bonds. The SMILES string of the molecule is C1=CC(c2ccc3c(c2)c2cc(-c4ccccc4)ccc2n3-c2ccc(-c3ccc4nc5c6ccccc6cc(-c6ccccc6)n5c4c3)cc2)=CCC1.CCC.CS. The number of benzene rings is 7. The number of pyridine rings is 1. The Labute approximate surface area is 352 Å². The van der Waals surface area contributed by atoms with Crippen LogP contribution in [0.25, 0.3) is 94.0 Å². The summed E-state index contributed by atoms with van der Waals surface area (Å²) in [6, 6.07) is 61.8. The zero-order valence-electron chi connectivity index (χ0n) is 33.8. The molecule has 288 valence electrons. The Morgan fingerprint density at radius 3 is 1.78 bits per heavy atom. The fourth-order valence-corrected chi connectivity index (χ4v) is 8.46. The van der Waals surface area contributed by atoms with Gasteiger partial charge < -0.3 is 4.57 Å². The summed E-state index contributed by atoms with van der Waals surface area (Å²) in [6.07, 6.45) is 12.1. The molecule has 59 heavy (non-hydrogen) atoms. The number of allylic oxidation sites excluding steroid dienone is 4. The lowest BCUT2D eigenvalue weighted by molar-refractivity contribution is 1.04. The Hall–Kier alpha value is -6.62. The Balaban J connectivity index is 0.000000861. The van der Waals surface area contributed by atoms with Gasteiger partial charge in [-0.1, -0.05) is 154 Å². The van der Waals surface area contributed by atoms with Crippen molar-refractivity contribution in [1.82, 2.24) is 14.0 Å². The highest BCUT2D eigenvalue weighted by Gasteiger charge is 2.17. The first kappa shape index (κ1) is 37.9. The van der Waals surface area contributed by atoms with E-state index >= 15 is 0 Å². The summed E-state index contributed by atoms with van der Waals surface area (Å²) in [5.41, 5.74) is 16.3. The third-order valence-electron chi connectivity index (χ3n) is 11.1. The van der Waals surface area contributed by atoms with Crippen LogP contribution in [-0.4, -0.2) is 20.2 Å². The van der Waals surface area contributed by atoms with Crippen LogP contribution in [0.4, 0.5) is 0 Å². The minimum Gasteiger partial charge on any atom is -0.309 e. The highest BCUT2D eigenvalue weighted by atomic mass is 32.1. The molecule has 0 atom stereocenters. The van der Waals surface area contributed by atoms with Gasteiger partial charge >= 0.3 is 0 Å². The predicted octanol–water partition coefficient (Wildman–Crippen LogP) is 15.4. The maximum absolute atomic E-state index is 5.18. The van der Waals surface area contributed by atoms with Gasteiger partial charge in [-0.2, -0.15) is 12.6 Å². The van der Waals surface area contributed by atoms with Gasteiger partial charge in [0.1, 0.15) is 5.65 Å². The van der Waals surface area contributed by atoms with E-state index in [0.717, 1.165) is 51.9 Å². The van der Waals surface area contributed by atoms with E-state index in [2.05, 4.69) is 224 Å². The van der Waals surface area contributed by atoms with E-state index in [1.54, 1.807) is 6.26 Å². The van der Waals surface area contributed by atoms with Gasteiger partial charge in [0.2, 0.25) is 0 Å². The molecule has 10 aromatic rings. The van der Waals surface area contributed by atoms with Gasteiger partial charge in [-0.25, -0.2) is 4.98 Å². The average molecular weight is 782 g/mol. The van der Waals surface area contributed by atoms with Gasteiger partial charge in [-0.15, -0.1) is 0 Å². The quantitative estimate of drug-likeness (QED) is 0.173. The van der Waals surface area contributed by atoms with Crippen LogP contribution in [-0.2, 0) is 0 Å². The van der Waals surface area contributed by atoms with Crippen LogP contribution in [0.5, 0.6) is 0 Å². The number of hydrogen-bond donors (Lipinski definition) is 1. The van der Waals surface area contributed by atoms with Crippen molar-refractivity contribution in [3.05, 3.63) is 194 Å². The first-order chi connectivity index (χ1) is 29.2. The number of rotatable bonds is 5. The smallest absolute Gasteiger partial charge is 0.146 e. The van der Waals surface area contributed by atoms with Crippen molar-refractivity contribution in [3.63, 3.8) is 0 Å². The summed E-state index contributed by atoms with van der Waals surface area (Å²) >= 11 is 3.53. The molecule has 1 aliphatic carbocycles. The summed E-state index contributed by atoms with van der Waals surface area (Å²) < 4.78 is 4.75. The van der Waals surface area contributed by atoms with Crippen molar-refractivity contribution < 1.29 is 0 Å². The van der Waals surface area contributed by atoms with E-state index in [1.165, 1.54) is 67.0 Å². The summed E-state index contributed by atoms with van der Waals surface area (Å²) in [7, 11) is 0. The molecule has 0 bridgehead atoms. The van der Waals surface area contributed by atoms with E-state index < -0.39 is 0 Å². The minimum absolute atomic E-state index is 0.982. The first-order valence-corrected chi connectivity index (χ1v) is 21.5. The topological polar surface area (TPSA) is 22.2 Å². The molecule has 4 heteroatoms. The Bertz CT molecular complexity index is 3150. The lowest BCUT2D eigenvalue weighted by Gasteiger charge is -2.12. The number of aromatic nitrogens is 3. The zero-order valence-corrected chi connectivity index (χ0v) is 34.7. The molecule has 0 fully saturated rings. The number of nitrogens with zero attached hydrogens (tertiary/aromatic N) is 3. The van der Waals surface area contributed by atoms with Crippen LogP contribution >= 0.6 is 12.6 Å². The van der Waals surface area contributed by atoms with Crippen LogP contribution in [0.3, 0.4) is 0 Å². The second-order valence-corrected chi connectivity index (χ2v) is 15.0. The number of thiol groups is 1. The van der Waals surface area contributed by atoms with E-state index in [9.17, 15) is 0 Å². The van der Waals surface area contributed by atoms with E-state index in [-0.39, 0.29) is 0 Å². The fraction of sp³-hybridized carbons (Fsp3) is 0.109. The summed E-state index contributed by atoms with van der Waals surface area (Å²) in [5.74, 6) is 0. The van der Waals surface area contributed by atoms with Crippen molar-refractivity contribution in [1.29, 1.82) is 0 Å². The Morgan fingerprint density at radius 1 is 0.508 bits per heavy atom. The van der Waals surface area contributed by atoms with Crippen LogP contribution in [0, 0.1) is 0 Å². The lowest BCUT2D eigenvalue weighted by atomic mass is 9.97. The Kier molecular flexibility index (Phi) is 10.7. The van der Waals surface area contributed by atoms with Gasteiger partial charge in [-0.05, 0) is 118 Å². The average Bonchev–Trinajstić information content (AvgIpc) is 3.86. The van der Waals surface area contributed by atoms with E-state index in [4.69, 9.17) is 4.98 Å². The lowest BCUT2D eigenvalue weighted by Crippen LogP contribution is -1.95. The van der Waals surface area contributed by atoms with E-state index in [1.807, 2.05) is 0 Å². The second kappa shape index (κ2) is 16.7. The zero-order chi connectivity index (χ0) is 40.3. The maximum Gasteiger partial charge on any atom is 0.146 e. The van der Waals surface area contributed by atoms with Crippen molar-refractivity contribution in [2.75, 3.05) is 6.26 Å². The number of imidazole rings is 1. The monoisotopic (exact) mass is 781 g/mol. The molecule has 3 nitrogen and oxygen atoms in total. The third-order valence-corrected chi connectivity index (χ3v) is 11.1. The van der Waals surface area contributed by atoms with Gasteiger partial charge in [-0.3, -0.25) is 4.40 Å². The van der Waals surface area contributed by atoms with Gasteiger partial charge in [0.15, 0.2) is 0 Å². The minimum atomic E-state index is 0.982. The van der Waals surface area contributed by atoms with Crippen LogP contribution in [0.1, 0.15) is 38.7 Å². The third kappa shape index (κ3) is 7.04. The fourth-order valence-electron chi connectivity index (χ4n) is 8.46. The summed E-state index contributed by atoms with van der Waals surface area (Å²) in [5, 5.41) is 4.87. The van der Waals surface area contributed by atoms with Crippen molar-refractivity contribution >= 4 is 67.5 Å². The van der Waals surface area contributed by atoms with Gasteiger partial charge in [0.25, 0.3) is 0 Å². The number of fused-ring (bicyclic) bond motifs is 8. The molecule has 3 aromatic heterocycles. The molecule has 0 saturated heterocycles. The van der Waals surface area contributed by atoms with Gasteiger partial charge in [0.05, 0.1) is 27.8 Å². The van der Waals surface area contributed by atoms with Crippen molar-refractivity contribution in [2.24, 2.45) is 0 Å². The molecule has 3 heterocycles. The second-order valence-electron chi connectivity index (χ2n) is 15.0. The molecular formula is C55H47N3S. The molecule has 11 rings (SSSR count). The maximum atomic E-state index is 5.18. The molecule has 0 saturated carbocycles. The number of hydrogen-bond acceptors (Lipinski definition) is 2. The van der Waals surface area contributed by atoms with Crippen molar-refractivity contribution in [2.45, 2.75) is 33.1 Å². The summed E-state index contributed by atoms with van der Waals surface area (Å²) in [4.78, 5) is 5.18. The van der Waals surface area contributed by atoms with Crippen LogP contribution in [0.15, 0.2) is 188 Å². The predicted molar refractivity (Wildman–Crippen MR) is 258 cm³/mol. The standard InChI is InChI=1S/C51H35N3.C3H8.CH4S/c1-4-12-34(13-5-1)38-23-28-47-44(30-38)45-31-39(35-14-6-2-7-15-35)24-29-48(45)53(47)42-25-20-36(21-26-42)40-22-27-46-50(32-40)54-49(37-16-8-3-9-17-37)33-41-18-10-11-19-43(41)51(54)52-46;1-3-2;1-2/h1,3-6,8-33H,2,7H2;3H2,1-2H3;2H,1H3. The van der Waals surface area contributed by atoms with Gasteiger partial charge in [0, 0.05) is 21.8 Å². The first-order valence-electron chi connectivity index (χ1n) is 20.6. The molecule has 7 aromatic carbocycles. The largest absolute Gasteiger partial charge is 0.309 e. The summed E-state index contributed by atoms with van der Waals surface area (Å²) in [6.45, 7) is 4.25. The van der Waals surface area contributed by atoms with Crippen molar-refractivity contribution in [3.8, 4) is 39.2 Å². The molecule has 0 aliphatic heterocycles. The molecule has 1 aliphatic rings. The van der Waals surface area contributed by atoms with Crippen LogP contribution < -0.4 is 0 Å². The highest BCUT2D eigenvalue weighted by Crippen LogP contribution is 2.38. The highest BCUT2D eigenvalue weighted by molar-refractivity contribution is 7.79. The normalized spacial score (nSPS) is 12.4. The molecule has 0 unspecified atom stereocenters. The molecular weight excluding hydrogens is 735 g/mol. The molecule has 0 N–H and O–H groups in total. The van der Waals surface area contributed by atoms with Crippen LogP contribution in [0.2, 0.25) is 0 Å². The molecule has 0 radical (unpaired) electrons. The van der Waals surface area contributed by atoms with E-state index in [0.29, 0.717) is 0 Å². The Morgan fingerprint density at radius 2 is 1.08 bits per heavy atom.